The quantitative estimate of drug-likeness (QED) is 0.160. The van der Waals surface area contributed by atoms with Crippen molar-refractivity contribution in [3.63, 3.8) is 0 Å². The number of anilines is 12. The molecule has 430 valence electrons. The summed E-state index contributed by atoms with van der Waals surface area (Å²) in [6.07, 6.45) is 5.38. The van der Waals surface area contributed by atoms with Gasteiger partial charge in [-0.25, -0.2) is 0 Å². The summed E-state index contributed by atoms with van der Waals surface area (Å²) in [6, 6.07) is 98.6. The highest BCUT2D eigenvalue weighted by atomic mass is 32.1. The van der Waals surface area contributed by atoms with Crippen molar-refractivity contribution in [2.45, 2.75) is 0 Å². The molecule has 22 rings (SSSR count). The molecule has 0 saturated carbocycles. The van der Waals surface area contributed by atoms with Crippen LogP contribution in [0.5, 0.6) is 0 Å². The molecule has 92 heavy (non-hydrogen) atoms. The summed E-state index contributed by atoms with van der Waals surface area (Å²) in [6.45, 7) is 0.0677. The van der Waals surface area contributed by atoms with Crippen LogP contribution in [0.2, 0.25) is 0 Å². The van der Waals surface area contributed by atoms with Gasteiger partial charge in [-0.05, 0) is 107 Å². The minimum atomic E-state index is -0.0393. The Morgan fingerprint density at radius 1 is 0.261 bits per heavy atom. The summed E-state index contributed by atoms with van der Waals surface area (Å²) < 4.78 is 27.0. The van der Waals surface area contributed by atoms with Gasteiger partial charge in [0, 0.05) is 54.3 Å². The molecule has 0 amide bonds. The van der Waals surface area contributed by atoms with E-state index in [1.807, 2.05) is 29.7 Å². The molecule has 0 aliphatic carbocycles. The van der Waals surface area contributed by atoms with E-state index >= 15 is 0 Å². The van der Waals surface area contributed by atoms with Crippen molar-refractivity contribution in [3.05, 3.63) is 298 Å². The molecule has 0 spiro atoms. The van der Waals surface area contributed by atoms with Crippen molar-refractivity contribution < 1.29 is 17.7 Å². The third kappa shape index (κ3) is 7.23. The molecule has 0 bridgehead atoms. The minimum absolute atomic E-state index is 0.0273. The fourth-order valence-electron chi connectivity index (χ4n) is 15.5. The summed E-state index contributed by atoms with van der Waals surface area (Å²) >= 11 is 1.88. The smallest absolute Gasteiger partial charge is 0.421 e. The average molecular weight is 1200 g/mol. The number of fused-ring (bicyclic) bond motifs is 30. The molecule has 10 nitrogen and oxygen atoms in total. The largest absolute Gasteiger partial charge is 0.462 e. The Morgan fingerprint density at radius 2 is 0.630 bits per heavy atom. The molecule has 6 aliphatic heterocycles. The fourth-order valence-corrected chi connectivity index (χ4v) is 16.7. The topological polar surface area (TPSA) is 72.0 Å². The van der Waals surface area contributed by atoms with Crippen LogP contribution in [0.4, 0.5) is 68.2 Å². The van der Waals surface area contributed by atoms with E-state index < -0.39 is 0 Å². The van der Waals surface area contributed by atoms with Gasteiger partial charge in [0.15, 0.2) is 22.9 Å². The molecule has 0 fully saturated rings. The molecule has 14 heteroatoms. The maximum absolute atomic E-state index is 6.45. The Morgan fingerprint density at radius 3 is 1.16 bits per heavy atom. The van der Waals surface area contributed by atoms with Gasteiger partial charge in [-0.1, -0.05) is 188 Å². The molecular weight excluding hydrogens is 1150 g/mol. The summed E-state index contributed by atoms with van der Waals surface area (Å²) in [5.74, 6) is 2.81. The minimum Gasteiger partial charge on any atom is -0.462 e. The van der Waals surface area contributed by atoms with Gasteiger partial charge in [-0.3, -0.25) is 0 Å². The maximum atomic E-state index is 6.45. The number of nitrogens with zero attached hydrogens (tertiary/aromatic N) is 6. The van der Waals surface area contributed by atoms with Crippen LogP contribution < -0.4 is 45.3 Å². The lowest BCUT2D eigenvalue weighted by molar-refractivity contribution is 0.582. The van der Waals surface area contributed by atoms with E-state index in [0.717, 1.165) is 78.9 Å². The average Bonchev–Trinajstić information content (AvgIpc) is 1.56. The molecule has 16 aromatic rings. The third-order valence-corrected chi connectivity index (χ3v) is 20.4. The second-order valence-electron chi connectivity index (χ2n) is 23.8. The molecule has 0 unspecified atom stereocenters. The first-order valence-electron chi connectivity index (χ1n) is 31.1. The van der Waals surface area contributed by atoms with Crippen molar-refractivity contribution >= 4 is 159 Å². The highest BCUT2D eigenvalue weighted by molar-refractivity contribution is 7.26. The summed E-state index contributed by atoms with van der Waals surface area (Å²) in [4.78, 5) is 14.6. The number of hydrogen-bond acceptors (Lipinski definition) is 11. The van der Waals surface area contributed by atoms with Crippen LogP contribution in [0.3, 0.4) is 0 Å². The summed E-state index contributed by atoms with van der Waals surface area (Å²) in [7, 11) is 0. The predicted octanol–water partition coefficient (Wildman–Crippen LogP) is 19.1. The zero-order chi connectivity index (χ0) is 60.1. The van der Waals surface area contributed by atoms with Crippen molar-refractivity contribution in [2.75, 3.05) is 28.9 Å². The lowest BCUT2D eigenvalue weighted by atomic mass is 9.60. The van der Waals surface area contributed by atoms with E-state index in [1.165, 1.54) is 81.8 Å². The van der Waals surface area contributed by atoms with Crippen molar-refractivity contribution in [1.82, 2.24) is 0 Å². The van der Waals surface area contributed by atoms with E-state index in [-0.39, 0.29) is 20.9 Å². The van der Waals surface area contributed by atoms with E-state index in [1.54, 1.807) is 12.5 Å². The first kappa shape index (κ1) is 51.2. The Labute approximate surface area is 534 Å². The van der Waals surface area contributed by atoms with Gasteiger partial charge in [0.1, 0.15) is 5.58 Å². The molecule has 6 aliphatic rings. The Bertz CT molecular complexity index is 5390. The zero-order valence-electron chi connectivity index (χ0n) is 49.2. The lowest BCUT2D eigenvalue weighted by Crippen LogP contribution is -2.55. The number of furan rings is 4. The second kappa shape index (κ2) is 19.9. The Balaban J connectivity index is 0.0000000965. The van der Waals surface area contributed by atoms with Crippen molar-refractivity contribution in [2.24, 2.45) is 0 Å². The van der Waals surface area contributed by atoms with Crippen LogP contribution in [-0.4, -0.2) is 20.9 Å². The standard InChI is InChI=1S/C28H17BN2O2.C28H17BN2OS.C22H15BN2O/c1-3-11-21-20(9-1)27-25(16-17-32-27)31-23-13-5-4-12-22(23)30(29(21)31)24-14-7-10-19-18-8-2-6-15-26(18)33-28(19)24;1-3-11-21-20(9-1)27-24(16-17-32-27)30-22-12-4-5-13-23(22)31(29(21)30)25-14-7-10-19-18-8-2-6-15-26(18)33-28(19)25;1-2-8-16(9-3-1)24-19-12-6-7-13-20(19)25-21-14-15-26-22(21)17-10-4-5-11-18(17)23(24)25/h2*1-17H;1-15H. The number of benzene rings is 11. The lowest BCUT2D eigenvalue weighted by Gasteiger charge is -2.34. The van der Waals surface area contributed by atoms with Crippen LogP contribution >= 0.6 is 11.3 Å². The molecule has 11 aromatic carbocycles. The normalized spacial score (nSPS) is 13.9. The first-order valence-corrected chi connectivity index (χ1v) is 31.9. The van der Waals surface area contributed by atoms with Crippen molar-refractivity contribution in [3.8, 4) is 34.0 Å². The molecule has 11 heterocycles. The molecule has 0 N–H and O–H groups in total. The second-order valence-corrected chi connectivity index (χ2v) is 24.9. The molecule has 0 saturated heterocycles. The first-order chi connectivity index (χ1) is 45.7. The molecule has 5 aromatic heterocycles. The summed E-state index contributed by atoms with van der Waals surface area (Å²) in [5.41, 5.74) is 23.0. The predicted molar refractivity (Wildman–Crippen MR) is 380 cm³/mol. The van der Waals surface area contributed by atoms with E-state index in [4.69, 9.17) is 17.7 Å². The van der Waals surface area contributed by atoms with Crippen LogP contribution in [0.25, 0.3) is 76.1 Å². The van der Waals surface area contributed by atoms with E-state index in [9.17, 15) is 0 Å². The van der Waals surface area contributed by atoms with Gasteiger partial charge in [0.2, 0.25) is 0 Å². The van der Waals surface area contributed by atoms with Gasteiger partial charge in [-0.15, -0.1) is 11.3 Å². The SMILES string of the molecule is c1ccc(N2B3c4ccccc4-c4occc4N3c3ccccc32)cc1.c1ccc2c(c1)B1N(c3ccccc3N1c1cccc3c1oc1ccccc13)c1ccoc1-2.c1ccc2c(c1)B1N(c3ccccc3N1c1cccc3c1sc1ccccc13)c1ccoc1-2. The van der Waals surface area contributed by atoms with Gasteiger partial charge in [0.25, 0.3) is 0 Å². The van der Waals surface area contributed by atoms with E-state index in [2.05, 4.69) is 296 Å². The third-order valence-electron chi connectivity index (χ3n) is 19.2. The van der Waals surface area contributed by atoms with Gasteiger partial charge in [-0.2, -0.15) is 0 Å². The number of thiophene rings is 1. The van der Waals surface area contributed by atoms with Crippen LogP contribution in [0, 0.1) is 0 Å². The molecule has 0 radical (unpaired) electrons. The Hall–Kier alpha value is -11.7. The fraction of sp³-hybridized carbons (Fsp3) is 0. The molecular formula is C78H49B3N6O4S. The number of rotatable bonds is 3. The van der Waals surface area contributed by atoms with Crippen molar-refractivity contribution in [1.29, 1.82) is 0 Å². The van der Waals surface area contributed by atoms with Crippen LogP contribution in [0.15, 0.2) is 316 Å². The van der Waals surface area contributed by atoms with Crippen LogP contribution in [0.1, 0.15) is 0 Å². The van der Waals surface area contributed by atoms with Gasteiger partial charge < -0.3 is 46.5 Å². The zero-order valence-corrected chi connectivity index (χ0v) is 50.1. The summed E-state index contributed by atoms with van der Waals surface area (Å²) in [5, 5.41) is 4.91. The molecule has 0 atom stereocenters. The van der Waals surface area contributed by atoms with Gasteiger partial charge in [0.05, 0.1) is 80.4 Å². The number of hydrogen-bond donors (Lipinski definition) is 0. The Kier molecular flexibility index (Phi) is 11.1. The number of para-hydroxylation sites is 9. The van der Waals surface area contributed by atoms with Crippen LogP contribution in [-0.2, 0) is 0 Å². The monoisotopic (exact) mass is 1200 g/mol. The highest BCUT2D eigenvalue weighted by Crippen LogP contribution is 2.56. The maximum Gasteiger partial charge on any atom is 0.421 e. The highest BCUT2D eigenvalue weighted by Gasteiger charge is 2.52. The van der Waals surface area contributed by atoms with Gasteiger partial charge >= 0.3 is 20.9 Å². The van der Waals surface area contributed by atoms with E-state index in [0.29, 0.717) is 0 Å².